The molecule has 0 fully saturated rings. The summed E-state index contributed by atoms with van der Waals surface area (Å²) in [5.74, 6) is 0.688. The number of thioether (sulfide) groups is 1. The first kappa shape index (κ1) is 7.63. The molecule has 1 aromatic rings. The van der Waals surface area contributed by atoms with Crippen molar-refractivity contribution < 1.29 is 5.11 Å². The summed E-state index contributed by atoms with van der Waals surface area (Å²) in [4.78, 5) is 6.92. The fraction of sp³-hybridized carbons (Fsp3) is 0.500. The van der Waals surface area contributed by atoms with Gasteiger partial charge < -0.3 is 10.1 Å². The second-order valence-electron chi connectivity index (χ2n) is 2.05. The Morgan fingerprint density at radius 3 is 3.20 bits per heavy atom. The number of imidazole rings is 1. The molecule has 0 aliphatic carbocycles. The van der Waals surface area contributed by atoms with Gasteiger partial charge in [-0.15, -0.1) is 0 Å². The SMILES string of the molecule is C[C@H](O)CSc1ncc[nH]1. The minimum atomic E-state index is -0.268. The molecule has 1 aromatic heterocycles. The Bertz CT molecular complexity index is 174. The zero-order chi connectivity index (χ0) is 7.40. The molecule has 1 heterocycles. The van der Waals surface area contributed by atoms with Crippen LogP contribution in [0, 0.1) is 0 Å². The highest BCUT2D eigenvalue weighted by Crippen LogP contribution is 2.11. The largest absolute Gasteiger partial charge is 0.393 e. The number of aromatic nitrogens is 2. The van der Waals surface area contributed by atoms with Gasteiger partial charge in [0.15, 0.2) is 5.16 Å². The van der Waals surface area contributed by atoms with Crippen molar-refractivity contribution in [1.82, 2.24) is 9.97 Å². The zero-order valence-corrected chi connectivity index (χ0v) is 6.56. The average Bonchev–Trinajstić information content (AvgIpc) is 2.34. The highest BCUT2D eigenvalue weighted by atomic mass is 32.2. The Hall–Kier alpha value is -0.480. The van der Waals surface area contributed by atoms with Crippen molar-refractivity contribution in [3.05, 3.63) is 12.4 Å². The van der Waals surface area contributed by atoms with Gasteiger partial charge >= 0.3 is 0 Å². The molecule has 2 N–H and O–H groups in total. The lowest BCUT2D eigenvalue weighted by Crippen LogP contribution is -2.02. The third-order valence-electron chi connectivity index (χ3n) is 0.934. The summed E-state index contributed by atoms with van der Waals surface area (Å²) in [6.45, 7) is 1.76. The standard InChI is InChI=1S/C6H10N2OS/c1-5(9)4-10-6-7-2-3-8-6/h2-3,5,9H,4H2,1H3,(H,7,8)/t5-/m0/s1. The van der Waals surface area contributed by atoms with Crippen LogP contribution in [0.4, 0.5) is 0 Å². The Kier molecular flexibility index (Phi) is 2.77. The summed E-state index contributed by atoms with van der Waals surface area (Å²) in [6.07, 6.45) is 3.20. The summed E-state index contributed by atoms with van der Waals surface area (Å²) in [5.41, 5.74) is 0. The molecule has 1 rings (SSSR count). The molecule has 0 aliphatic heterocycles. The van der Waals surface area contributed by atoms with Gasteiger partial charge in [-0.25, -0.2) is 4.98 Å². The van der Waals surface area contributed by atoms with Crippen molar-refractivity contribution in [2.45, 2.75) is 18.2 Å². The summed E-state index contributed by atoms with van der Waals surface area (Å²) >= 11 is 1.52. The van der Waals surface area contributed by atoms with Crippen molar-refractivity contribution >= 4 is 11.8 Å². The maximum atomic E-state index is 8.89. The molecule has 4 heteroatoms. The predicted molar refractivity (Wildman–Crippen MR) is 41.0 cm³/mol. The van der Waals surface area contributed by atoms with Gasteiger partial charge in [-0.2, -0.15) is 0 Å². The predicted octanol–water partition coefficient (Wildman–Crippen LogP) is 0.883. The highest BCUT2D eigenvalue weighted by Gasteiger charge is 1.98. The number of nitrogens with one attached hydrogen (secondary N) is 1. The number of aliphatic hydroxyl groups excluding tert-OH is 1. The van der Waals surface area contributed by atoms with E-state index in [2.05, 4.69) is 9.97 Å². The van der Waals surface area contributed by atoms with E-state index in [9.17, 15) is 0 Å². The molecule has 0 bridgehead atoms. The fourth-order valence-corrected chi connectivity index (χ4v) is 1.22. The minimum Gasteiger partial charge on any atom is -0.393 e. The number of hydrogen-bond acceptors (Lipinski definition) is 3. The Labute approximate surface area is 63.9 Å². The van der Waals surface area contributed by atoms with E-state index in [1.165, 1.54) is 11.8 Å². The Balaban J connectivity index is 2.28. The van der Waals surface area contributed by atoms with E-state index in [1.54, 1.807) is 19.3 Å². The van der Waals surface area contributed by atoms with Crippen LogP contribution in [0.2, 0.25) is 0 Å². The Morgan fingerprint density at radius 1 is 1.90 bits per heavy atom. The molecule has 56 valence electrons. The molecule has 0 saturated carbocycles. The quantitative estimate of drug-likeness (QED) is 0.642. The van der Waals surface area contributed by atoms with Crippen LogP contribution in [0.1, 0.15) is 6.92 Å². The molecule has 0 aliphatic rings. The second-order valence-corrected chi connectivity index (χ2v) is 3.06. The van der Waals surface area contributed by atoms with E-state index < -0.39 is 0 Å². The third kappa shape index (κ3) is 2.41. The average molecular weight is 158 g/mol. The van der Waals surface area contributed by atoms with Crippen LogP contribution in [0.3, 0.4) is 0 Å². The minimum absolute atomic E-state index is 0.268. The maximum Gasteiger partial charge on any atom is 0.165 e. The summed E-state index contributed by atoms with van der Waals surface area (Å²) in [5, 5.41) is 9.75. The van der Waals surface area contributed by atoms with Crippen LogP contribution in [0.5, 0.6) is 0 Å². The molecule has 0 spiro atoms. The van der Waals surface area contributed by atoms with Crippen LogP contribution in [0.15, 0.2) is 17.6 Å². The first-order valence-corrected chi connectivity index (χ1v) is 4.08. The normalized spacial score (nSPS) is 13.4. The molecule has 0 radical (unpaired) electrons. The van der Waals surface area contributed by atoms with E-state index in [0.717, 1.165) is 5.16 Å². The van der Waals surface area contributed by atoms with Crippen LogP contribution in [-0.2, 0) is 0 Å². The van der Waals surface area contributed by atoms with E-state index in [-0.39, 0.29) is 6.10 Å². The van der Waals surface area contributed by atoms with Crippen LogP contribution < -0.4 is 0 Å². The van der Waals surface area contributed by atoms with Gasteiger partial charge in [-0.3, -0.25) is 0 Å². The molecular formula is C6H10N2OS. The van der Waals surface area contributed by atoms with Crippen molar-refractivity contribution in [3.8, 4) is 0 Å². The highest BCUT2D eigenvalue weighted by molar-refractivity contribution is 7.99. The molecule has 1 atom stereocenters. The molecule has 0 saturated heterocycles. The lowest BCUT2D eigenvalue weighted by Gasteiger charge is -1.99. The van der Waals surface area contributed by atoms with Crippen LogP contribution >= 0.6 is 11.8 Å². The number of hydrogen-bond donors (Lipinski definition) is 2. The zero-order valence-electron chi connectivity index (χ0n) is 5.74. The first-order chi connectivity index (χ1) is 4.79. The monoisotopic (exact) mass is 158 g/mol. The lowest BCUT2D eigenvalue weighted by atomic mass is 10.5. The van der Waals surface area contributed by atoms with Crippen LogP contribution in [-0.4, -0.2) is 26.9 Å². The van der Waals surface area contributed by atoms with Gasteiger partial charge in [-0.1, -0.05) is 11.8 Å². The molecule has 0 amide bonds. The van der Waals surface area contributed by atoms with Crippen molar-refractivity contribution in [2.24, 2.45) is 0 Å². The second kappa shape index (κ2) is 3.63. The Morgan fingerprint density at radius 2 is 2.70 bits per heavy atom. The lowest BCUT2D eigenvalue weighted by molar-refractivity contribution is 0.220. The number of rotatable bonds is 3. The summed E-state index contributed by atoms with van der Waals surface area (Å²) < 4.78 is 0. The van der Waals surface area contributed by atoms with E-state index in [0.29, 0.717) is 5.75 Å². The van der Waals surface area contributed by atoms with Gasteiger partial charge in [0, 0.05) is 18.1 Å². The molecule has 10 heavy (non-hydrogen) atoms. The number of H-pyrrole nitrogens is 1. The van der Waals surface area contributed by atoms with Crippen molar-refractivity contribution in [2.75, 3.05) is 5.75 Å². The number of nitrogens with zero attached hydrogens (tertiary/aromatic N) is 1. The van der Waals surface area contributed by atoms with Crippen LogP contribution in [0.25, 0.3) is 0 Å². The van der Waals surface area contributed by atoms with E-state index in [4.69, 9.17) is 5.11 Å². The molecular weight excluding hydrogens is 148 g/mol. The van der Waals surface area contributed by atoms with Crippen molar-refractivity contribution in [1.29, 1.82) is 0 Å². The maximum absolute atomic E-state index is 8.89. The first-order valence-electron chi connectivity index (χ1n) is 3.09. The van der Waals surface area contributed by atoms with Gasteiger partial charge in [0.2, 0.25) is 0 Å². The van der Waals surface area contributed by atoms with E-state index in [1.807, 2.05) is 0 Å². The summed E-state index contributed by atoms with van der Waals surface area (Å²) in [7, 11) is 0. The topological polar surface area (TPSA) is 48.9 Å². The van der Waals surface area contributed by atoms with Gasteiger partial charge in [0.05, 0.1) is 6.10 Å². The van der Waals surface area contributed by atoms with Gasteiger partial charge in [0.1, 0.15) is 0 Å². The van der Waals surface area contributed by atoms with Gasteiger partial charge in [0.25, 0.3) is 0 Å². The molecule has 0 aromatic carbocycles. The number of aromatic amines is 1. The van der Waals surface area contributed by atoms with E-state index >= 15 is 0 Å². The molecule has 3 nitrogen and oxygen atoms in total. The van der Waals surface area contributed by atoms with Gasteiger partial charge in [-0.05, 0) is 6.92 Å². The molecule has 0 unspecified atom stereocenters. The number of aliphatic hydroxyl groups is 1. The van der Waals surface area contributed by atoms with Crippen molar-refractivity contribution in [3.63, 3.8) is 0 Å². The third-order valence-corrected chi connectivity index (χ3v) is 2.08. The smallest absolute Gasteiger partial charge is 0.165 e. The fourth-order valence-electron chi connectivity index (χ4n) is 0.529. The summed E-state index contributed by atoms with van der Waals surface area (Å²) in [6, 6.07) is 0.